The quantitative estimate of drug-likeness (QED) is 0.569. The van der Waals surface area contributed by atoms with Crippen LogP contribution in [0.15, 0.2) is 41.8 Å². The molecular formula is C23H20F3N7O3. The summed E-state index contributed by atoms with van der Waals surface area (Å²) in [6.45, 7) is 1.27. The van der Waals surface area contributed by atoms with Gasteiger partial charge < -0.3 is 19.9 Å². The number of aromatic carboxylic acids is 1. The largest absolute Gasteiger partial charge is 0.478 e. The molecule has 1 unspecified atom stereocenters. The molecule has 10 nitrogen and oxygen atoms in total. The Kier molecular flexibility index (Phi) is 6.04. The van der Waals surface area contributed by atoms with E-state index in [0.29, 0.717) is 25.1 Å². The SMILES string of the molecule is O=C(O)c1c[nH]c(-c2nc(N3CCN(C(=O)N4N=CCC4c4cc(F)cc(F)c4)CC3)ncc2F)c1. The van der Waals surface area contributed by atoms with Gasteiger partial charge in [-0.05, 0) is 23.8 Å². The van der Waals surface area contributed by atoms with Crippen molar-refractivity contribution in [3.8, 4) is 11.4 Å². The Morgan fingerprint density at radius 3 is 2.42 bits per heavy atom. The van der Waals surface area contributed by atoms with Crippen LogP contribution < -0.4 is 4.90 Å². The third-order valence-corrected chi connectivity index (χ3v) is 6.05. The zero-order chi connectivity index (χ0) is 25.4. The molecular weight excluding hydrogens is 479 g/mol. The first-order valence-electron chi connectivity index (χ1n) is 11.1. The lowest BCUT2D eigenvalue weighted by atomic mass is 10.0. The Balaban J connectivity index is 1.27. The molecule has 0 spiro atoms. The molecule has 5 rings (SSSR count). The standard InChI is InChI=1S/C23H20F3N7O3/c24-15-7-13(8-16(25)10-15)19-1-2-29-33(19)23(36)32-5-3-31(4-6-32)22-28-12-17(26)20(30-22)18-9-14(11-27-18)21(34)35/h2,7-12,19,27H,1,3-6H2,(H,34,35). The van der Waals surface area contributed by atoms with E-state index in [1.807, 2.05) is 0 Å². The maximum atomic E-state index is 14.4. The Morgan fingerprint density at radius 1 is 1.03 bits per heavy atom. The van der Waals surface area contributed by atoms with Crippen LogP contribution in [0.1, 0.15) is 28.4 Å². The Hall–Kier alpha value is -4.42. The fourth-order valence-corrected chi connectivity index (χ4v) is 4.24. The first-order chi connectivity index (χ1) is 17.3. The van der Waals surface area contributed by atoms with E-state index in [4.69, 9.17) is 5.11 Å². The van der Waals surface area contributed by atoms with Crippen LogP contribution in [-0.2, 0) is 0 Å². The summed E-state index contributed by atoms with van der Waals surface area (Å²) in [5, 5.41) is 14.4. The molecule has 1 saturated heterocycles. The number of anilines is 1. The van der Waals surface area contributed by atoms with Gasteiger partial charge in [0.1, 0.15) is 17.3 Å². The normalized spacial score (nSPS) is 17.6. The van der Waals surface area contributed by atoms with Gasteiger partial charge in [-0.25, -0.2) is 37.7 Å². The zero-order valence-corrected chi connectivity index (χ0v) is 18.7. The zero-order valence-electron chi connectivity index (χ0n) is 18.7. The van der Waals surface area contributed by atoms with Crippen LogP contribution >= 0.6 is 0 Å². The predicted octanol–water partition coefficient (Wildman–Crippen LogP) is 3.26. The van der Waals surface area contributed by atoms with E-state index in [1.165, 1.54) is 35.6 Å². The molecule has 4 heterocycles. The van der Waals surface area contributed by atoms with Gasteiger partial charge in [-0.2, -0.15) is 5.10 Å². The topological polar surface area (TPSA) is 118 Å². The minimum atomic E-state index is -1.15. The number of hydrogen-bond donors (Lipinski definition) is 2. The maximum absolute atomic E-state index is 14.4. The Labute approximate surface area is 202 Å². The smallest absolute Gasteiger partial charge is 0.341 e. The minimum Gasteiger partial charge on any atom is -0.478 e. The fraction of sp³-hybridized carbons (Fsp3) is 0.261. The number of carbonyl (C=O) groups excluding carboxylic acids is 1. The summed E-state index contributed by atoms with van der Waals surface area (Å²) in [7, 11) is 0. The number of carbonyl (C=O) groups is 2. The van der Waals surface area contributed by atoms with Crippen LogP contribution in [-0.4, -0.2) is 74.4 Å². The van der Waals surface area contributed by atoms with Crippen molar-refractivity contribution in [3.05, 3.63) is 65.2 Å². The molecule has 0 saturated carbocycles. The number of carboxylic acid groups (broad SMARTS) is 1. The lowest BCUT2D eigenvalue weighted by Crippen LogP contribution is -2.52. The number of benzene rings is 1. The Morgan fingerprint density at radius 2 is 1.75 bits per heavy atom. The average molecular weight is 499 g/mol. The highest BCUT2D eigenvalue weighted by molar-refractivity contribution is 5.89. The molecule has 13 heteroatoms. The summed E-state index contributed by atoms with van der Waals surface area (Å²) in [5.74, 6) is -3.08. The molecule has 0 bridgehead atoms. The monoisotopic (exact) mass is 499 g/mol. The van der Waals surface area contributed by atoms with Crippen molar-refractivity contribution in [2.24, 2.45) is 5.10 Å². The van der Waals surface area contributed by atoms with Gasteiger partial charge in [0.15, 0.2) is 5.82 Å². The fourth-order valence-electron chi connectivity index (χ4n) is 4.24. The first-order valence-corrected chi connectivity index (χ1v) is 11.1. The number of halogens is 3. The number of urea groups is 1. The molecule has 36 heavy (non-hydrogen) atoms. The molecule has 1 aromatic carbocycles. The van der Waals surface area contributed by atoms with Crippen LogP contribution in [0.3, 0.4) is 0 Å². The molecule has 2 N–H and O–H groups in total. The predicted molar refractivity (Wildman–Crippen MR) is 122 cm³/mol. The van der Waals surface area contributed by atoms with Gasteiger partial charge in [0.05, 0.1) is 23.5 Å². The second-order valence-electron chi connectivity index (χ2n) is 8.33. The second kappa shape index (κ2) is 9.32. The van der Waals surface area contributed by atoms with Gasteiger partial charge in [-0.3, -0.25) is 0 Å². The van der Waals surface area contributed by atoms with E-state index in [-0.39, 0.29) is 36.0 Å². The van der Waals surface area contributed by atoms with E-state index in [2.05, 4.69) is 20.1 Å². The van der Waals surface area contributed by atoms with Gasteiger partial charge in [0.25, 0.3) is 0 Å². The number of H-pyrrole nitrogens is 1. The Bertz CT molecular complexity index is 1330. The van der Waals surface area contributed by atoms with Crippen molar-refractivity contribution in [1.29, 1.82) is 0 Å². The first kappa shape index (κ1) is 23.3. The van der Waals surface area contributed by atoms with E-state index >= 15 is 0 Å². The van der Waals surface area contributed by atoms with Gasteiger partial charge in [-0.1, -0.05) is 0 Å². The number of piperazine rings is 1. The molecule has 186 valence electrons. The number of aromatic amines is 1. The number of amides is 2. The number of hydrazone groups is 1. The highest BCUT2D eigenvalue weighted by Crippen LogP contribution is 2.31. The third kappa shape index (κ3) is 4.46. The summed E-state index contributed by atoms with van der Waals surface area (Å²) in [5.41, 5.74) is 0.428. The maximum Gasteiger partial charge on any atom is 0.341 e. The van der Waals surface area contributed by atoms with Gasteiger partial charge >= 0.3 is 12.0 Å². The van der Waals surface area contributed by atoms with Crippen LogP contribution in [0, 0.1) is 17.5 Å². The number of aromatic nitrogens is 3. The highest BCUT2D eigenvalue weighted by atomic mass is 19.1. The number of carboxylic acids is 1. The summed E-state index contributed by atoms with van der Waals surface area (Å²) < 4.78 is 41.8. The molecule has 2 amide bonds. The van der Waals surface area contributed by atoms with Crippen LogP contribution in [0.2, 0.25) is 0 Å². The van der Waals surface area contributed by atoms with Crippen molar-refractivity contribution in [2.75, 3.05) is 31.1 Å². The van der Waals surface area contributed by atoms with Crippen molar-refractivity contribution in [2.45, 2.75) is 12.5 Å². The van der Waals surface area contributed by atoms with E-state index in [9.17, 15) is 22.8 Å². The number of hydrogen-bond acceptors (Lipinski definition) is 6. The van der Waals surface area contributed by atoms with Crippen molar-refractivity contribution < 1.29 is 27.9 Å². The molecule has 2 aromatic heterocycles. The molecule has 2 aliphatic rings. The second-order valence-corrected chi connectivity index (χ2v) is 8.33. The van der Waals surface area contributed by atoms with Crippen molar-refractivity contribution in [3.63, 3.8) is 0 Å². The minimum absolute atomic E-state index is 0.0273. The molecule has 3 aromatic rings. The van der Waals surface area contributed by atoms with Crippen molar-refractivity contribution in [1.82, 2.24) is 24.9 Å². The lowest BCUT2D eigenvalue weighted by molar-refractivity contribution is 0.0697. The third-order valence-electron chi connectivity index (χ3n) is 6.05. The van der Waals surface area contributed by atoms with Gasteiger partial charge in [-0.15, -0.1) is 0 Å². The van der Waals surface area contributed by atoms with E-state index in [0.717, 1.165) is 12.3 Å². The summed E-state index contributed by atoms with van der Waals surface area (Å²) >= 11 is 0. The van der Waals surface area contributed by atoms with E-state index < -0.39 is 35.5 Å². The molecule has 1 atom stereocenters. The van der Waals surface area contributed by atoms with Crippen LogP contribution in [0.4, 0.5) is 23.9 Å². The molecule has 1 fully saturated rings. The van der Waals surface area contributed by atoms with Gasteiger partial charge in [0.2, 0.25) is 5.95 Å². The number of rotatable bonds is 4. The molecule has 2 aliphatic heterocycles. The number of nitrogens with zero attached hydrogens (tertiary/aromatic N) is 6. The van der Waals surface area contributed by atoms with Crippen LogP contribution in [0.25, 0.3) is 11.4 Å². The lowest BCUT2D eigenvalue weighted by Gasteiger charge is -2.37. The molecule has 0 radical (unpaired) electrons. The summed E-state index contributed by atoms with van der Waals surface area (Å²) in [6.07, 6.45) is 4.13. The number of nitrogens with one attached hydrogen (secondary N) is 1. The van der Waals surface area contributed by atoms with Crippen molar-refractivity contribution >= 4 is 24.2 Å². The van der Waals surface area contributed by atoms with E-state index in [1.54, 1.807) is 9.80 Å². The van der Waals surface area contributed by atoms with Gasteiger partial charge in [0, 0.05) is 51.1 Å². The molecule has 0 aliphatic carbocycles. The van der Waals surface area contributed by atoms with Crippen LogP contribution in [0.5, 0.6) is 0 Å². The summed E-state index contributed by atoms with van der Waals surface area (Å²) in [4.78, 5) is 38.6. The highest BCUT2D eigenvalue weighted by Gasteiger charge is 2.34. The summed E-state index contributed by atoms with van der Waals surface area (Å²) in [6, 6.07) is 3.42. The average Bonchev–Trinajstić information content (AvgIpc) is 3.54.